The van der Waals surface area contributed by atoms with Crippen molar-refractivity contribution in [3.63, 3.8) is 0 Å². The third-order valence-electron chi connectivity index (χ3n) is 3.72. The standard InChI is InChI=1S/C15H14FN2O5PS/c1-2-13(19)11-7-25-15(17-11)14(20)10-6-18(24(21,22)23)12-4-3-8(16)5-9(10)12/h3-7,13,19H,2H2,1H3,(H2,21,22,23). The second kappa shape index (κ2) is 6.44. The zero-order valence-electron chi connectivity index (χ0n) is 13.0. The molecule has 25 heavy (non-hydrogen) atoms. The number of hydrogen-bond donors (Lipinski definition) is 3. The summed E-state index contributed by atoms with van der Waals surface area (Å²) in [6.45, 7) is 1.77. The summed E-state index contributed by atoms with van der Waals surface area (Å²) in [6, 6.07) is 3.31. The fraction of sp³-hybridized carbons (Fsp3) is 0.200. The molecular formula is C15H14FN2O5PS. The van der Waals surface area contributed by atoms with Gasteiger partial charge in [-0.2, -0.15) is 0 Å². The maximum atomic E-state index is 13.6. The van der Waals surface area contributed by atoms with Gasteiger partial charge in [-0.05, 0) is 24.6 Å². The number of carbonyl (C=O) groups excluding carboxylic acids is 1. The van der Waals surface area contributed by atoms with Gasteiger partial charge in [-0.1, -0.05) is 6.92 Å². The van der Waals surface area contributed by atoms with E-state index in [9.17, 15) is 28.6 Å². The summed E-state index contributed by atoms with van der Waals surface area (Å²) in [6.07, 6.45) is 0.636. The minimum absolute atomic E-state index is 0.0449. The van der Waals surface area contributed by atoms with Crippen molar-refractivity contribution in [2.75, 3.05) is 0 Å². The van der Waals surface area contributed by atoms with Crippen molar-refractivity contribution in [1.82, 2.24) is 9.32 Å². The highest BCUT2D eigenvalue weighted by Crippen LogP contribution is 2.42. The summed E-state index contributed by atoms with van der Waals surface area (Å²) < 4.78 is 25.9. The summed E-state index contributed by atoms with van der Waals surface area (Å²) >= 11 is 1.01. The van der Waals surface area contributed by atoms with Crippen LogP contribution in [0.15, 0.2) is 29.8 Å². The summed E-state index contributed by atoms with van der Waals surface area (Å²) in [7, 11) is -4.72. The maximum absolute atomic E-state index is 13.6. The molecule has 0 fully saturated rings. The Morgan fingerprint density at radius 1 is 1.44 bits per heavy atom. The number of aliphatic hydroxyl groups is 1. The number of fused-ring (bicyclic) bond motifs is 1. The first-order valence-electron chi connectivity index (χ1n) is 7.27. The van der Waals surface area contributed by atoms with Crippen LogP contribution in [-0.2, 0) is 4.57 Å². The van der Waals surface area contributed by atoms with E-state index in [1.54, 1.807) is 12.3 Å². The molecule has 0 aliphatic carbocycles. The van der Waals surface area contributed by atoms with Crippen molar-refractivity contribution < 1.29 is 28.6 Å². The fourth-order valence-corrected chi connectivity index (χ4v) is 3.99. The van der Waals surface area contributed by atoms with Gasteiger partial charge in [0.1, 0.15) is 5.82 Å². The summed E-state index contributed by atoms with van der Waals surface area (Å²) in [5, 5.41) is 11.5. The highest BCUT2D eigenvalue weighted by Gasteiger charge is 2.26. The molecule has 3 rings (SSSR count). The van der Waals surface area contributed by atoms with E-state index in [4.69, 9.17) is 0 Å². The third-order valence-corrected chi connectivity index (χ3v) is 5.47. The monoisotopic (exact) mass is 384 g/mol. The molecular weight excluding hydrogens is 370 g/mol. The fourth-order valence-electron chi connectivity index (χ4n) is 2.45. The number of aromatic nitrogens is 2. The van der Waals surface area contributed by atoms with Crippen LogP contribution in [0.1, 0.15) is 40.5 Å². The number of rotatable bonds is 5. The Kier molecular flexibility index (Phi) is 4.61. The van der Waals surface area contributed by atoms with E-state index in [-0.39, 0.29) is 21.5 Å². The van der Waals surface area contributed by atoms with Crippen LogP contribution < -0.4 is 0 Å². The molecule has 1 unspecified atom stereocenters. The van der Waals surface area contributed by atoms with Crippen molar-refractivity contribution in [1.29, 1.82) is 0 Å². The van der Waals surface area contributed by atoms with Crippen LogP contribution in [0.4, 0.5) is 4.39 Å². The lowest BCUT2D eigenvalue weighted by Crippen LogP contribution is -2.02. The van der Waals surface area contributed by atoms with Crippen LogP contribution >= 0.6 is 19.1 Å². The van der Waals surface area contributed by atoms with E-state index in [2.05, 4.69) is 4.98 Å². The van der Waals surface area contributed by atoms with Crippen molar-refractivity contribution in [3.8, 4) is 0 Å². The molecule has 132 valence electrons. The van der Waals surface area contributed by atoms with E-state index in [0.717, 1.165) is 29.7 Å². The van der Waals surface area contributed by atoms with Crippen LogP contribution in [0.3, 0.4) is 0 Å². The first-order valence-corrected chi connectivity index (χ1v) is 9.72. The molecule has 3 N–H and O–H groups in total. The number of nitrogens with zero attached hydrogens (tertiary/aromatic N) is 2. The average molecular weight is 384 g/mol. The average Bonchev–Trinajstić information content (AvgIpc) is 3.17. The highest BCUT2D eigenvalue weighted by molar-refractivity contribution is 7.50. The lowest BCUT2D eigenvalue weighted by Gasteiger charge is -2.05. The molecule has 0 radical (unpaired) electrons. The molecule has 0 spiro atoms. The number of ketones is 1. The van der Waals surface area contributed by atoms with Crippen molar-refractivity contribution in [2.45, 2.75) is 19.4 Å². The normalized spacial score (nSPS) is 13.3. The van der Waals surface area contributed by atoms with Gasteiger partial charge in [-0.15, -0.1) is 11.3 Å². The van der Waals surface area contributed by atoms with Gasteiger partial charge in [-0.3, -0.25) is 9.13 Å². The number of hydrogen-bond acceptors (Lipinski definition) is 5. The smallest absolute Gasteiger partial charge is 0.387 e. The third kappa shape index (κ3) is 3.29. The van der Waals surface area contributed by atoms with Gasteiger partial charge in [0.25, 0.3) is 0 Å². The maximum Gasteiger partial charge on any atom is 0.434 e. The Morgan fingerprint density at radius 3 is 2.80 bits per heavy atom. The molecule has 10 heteroatoms. The van der Waals surface area contributed by atoms with E-state index >= 15 is 0 Å². The molecule has 0 aliphatic rings. The molecule has 3 aromatic rings. The minimum atomic E-state index is -4.72. The largest absolute Gasteiger partial charge is 0.434 e. The molecule has 2 aromatic heterocycles. The molecule has 1 aromatic carbocycles. The van der Waals surface area contributed by atoms with E-state index in [1.807, 2.05) is 0 Å². The highest BCUT2D eigenvalue weighted by atomic mass is 32.1. The van der Waals surface area contributed by atoms with Crippen LogP contribution in [0.5, 0.6) is 0 Å². The number of halogens is 1. The van der Waals surface area contributed by atoms with Gasteiger partial charge >= 0.3 is 7.75 Å². The lowest BCUT2D eigenvalue weighted by molar-refractivity contribution is 0.103. The first kappa shape index (κ1) is 17.9. The lowest BCUT2D eigenvalue weighted by atomic mass is 10.1. The van der Waals surface area contributed by atoms with Crippen LogP contribution in [-0.4, -0.2) is 30.0 Å². The Morgan fingerprint density at radius 2 is 2.16 bits per heavy atom. The molecule has 7 nitrogen and oxygen atoms in total. The van der Waals surface area contributed by atoms with E-state index in [1.165, 1.54) is 6.07 Å². The van der Waals surface area contributed by atoms with E-state index < -0.39 is 25.5 Å². The summed E-state index contributed by atoms with van der Waals surface area (Å²) in [4.78, 5) is 35.7. The van der Waals surface area contributed by atoms with E-state index in [0.29, 0.717) is 16.5 Å². The van der Waals surface area contributed by atoms with Crippen LogP contribution in [0.2, 0.25) is 0 Å². The van der Waals surface area contributed by atoms with Gasteiger partial charge in [0, 0.05) is 17.0 Å². The van der Waals surface area contributed by atoms with Gasteiger partial charge in [-0.25, -0.2) is 13.9 Å². The second-order valence-electron chi connectivity index (χ2n) is 5.39. The Labute approximate surface area is 145 Å². The molecule has 1 atom stereocenters. The van der Waals surface area contributed by atoms with Gasteiger partial charge < -0.3 is 14.9 Å². The molecule has 0 bridgehead atoms. The quantitative estimate of drug-likeness (QED) is 0.461. The number of aliphatic hydroxyl groups excluding tert-OH is 1. The SMILES string of the molecule is CCC(O)c1csc(C(=O)c2cn(P(=O)(O)O)c3ccc(F)cc23)n1. The predicted molar refractivity (Wildman–Crippen MR) is 90.1 cm³/mol. The first-order chi connectivity index (χ1) is 11.7. The number of thiazole rings is 1. The van der Waals surface area contributed by atoms with Crippen molar-refractivity contribution in [2.24, 2.45) is 0 Å². The number of benzene rings is 1. The number of carbonyl (C=O) groups is 1. The summed E-state index contributed by atoms with van der Waals surface area (Å²) in [5.74, 6) is -1.23. The van der Waals surface area contributed by atoms with Gasteiger partial charge in [0.15, 0.2) is 5.01 Å². The molecule has 2 heterocycles. The Balaban J connectivity index is 2.15. The van der Waals surface area contributed by atoms with Gasteiger partial charge in [0.05, 0.1) is 22.9 Å². The predicted octanol–water partition coefficient (Wildman–Crippen LogP) is 2.85. The second-order valence-corrected chi connectivity index (χ2v) is 7.71. The van der Waals surface area contributed by atoms with Gasteiger partial charge in [0.2, 0.25) is 5.78 Å². The summed E-state index contributed by atoms with van der Waals surface area (Å²) in [5.41, 5.74) is 0.328. The van der Waals surface area contributed by atoms with Crippen molar-refractivity contribution in [3.05, 3.63) is 51.9 Å². The minimum Gasteiger partial charge on any atom is -0.387 e. The van der Waals surface area contributed by atoms with Crippen molar-refractivity contribution >= 4 is 35.8 Å². The topological polar surface area (TPSA) is 113 Å². The van der Waals surface area contributed by atoms with Crippen LogP contribution in [0.25, 0.3) is 10.9 Å². The molecule has 0 aliphatic heterocycles. The molecule has 0 saturated carbocycles. The molecule has 0 amide bonds. The molecule has 0 saturated heterocycles. The van der Waals surface area contributed by atoms with Crippen LogP contribution in [0, 0.1) is 5.82 Å². The zero-order chi connectivity index (χ0) is 18.4. The Bertz CT molecular complexity index is 1010. The zero-order valence-corrected chi connectivity index (χ0v) is 14.7. The Hall–Kier alpha value is -1.90.